The fourth-order valence-corrected chi connectivity index (χ4v) is 5.68. The summed E-state index contributed by atoms with van der Waals surface area (Å²) < 4.78 is 71.2. The number of benzene rings is 4. The van der Waals surface area contributed by atoms with Crippen molar-refractivity contribution in [1.82, 2.24) is 9.97 Å². The van der Waals surface area contributed by atoms with Gasteiger partial charge in [-0.15, -0.1) is 0 Å². The van der Waals surface area contributed by atoms with Crippen LogP contribution in [0.2, 0.25) is 0 Å². The number of rotatable bonds is 16. The van der Waals surface area contributed by atoms with E-state index in [1.807, 2.05) is 108 Å². The lowest BCUT2D eigenvalue weighted by molar-refractivity contribution is -0.137. The van der Waals surface area contributed by atoms with Crippen LogP contribution in [-0.4, -0.2) is 42.4 Å². The number of nitrogens with zero attached hydrogens (tertiary/aromatic N) is 3. The Morgan fingerprint density at radius 2 is 1.06 bits per heavy atom. The molecule has 0 fully saturated rings. The van der Waals surface area contributed by atoms with E-state index in [1.54, 1.807) is 49.9 Å². The van der Waals surface area contributed by atoms with Crippen LogP contribution in [0.25, 0.3) is 6.08 Å². The molecule has 0 amide bonds. The summed E-state index contributed by atoms with van der Waals surface area (Å²) in [5.74, 6) is 9.24. The van der Waals surface area contributed by atoms with E-state index in [0.717, 1.165) is 59.5 Å². The second kappa shape index (κ2) is 45.1. The molecule has 438 valence electrons. The normalized spacial score (nSPS) is 10.3. The highest BCUT2D eigenvalue weighted by Crippen LogP contribution is 2.17. The molecule has 6 rings (SSSR count). The van der Waals surface area contributed by atoms with Gasteiger partial charge in [-0.3, -0.25) is 9.97 Å². The number of carbonyl (C=O) groups is 1. The summed E-state index contributed by atoms with van der Waals surface area (Å²) in [6, 6.07) is 33.6. The molecule has 0 N–H and O–H groups in total. The molecular weight excluding hydrogens is 1030 g/mol. The number of esters is 1. The van der Waals surface area contributed by atoms with Crippen LogP contribution in [0.5, 0.6) is 17.2 Å². The zero-order valence-electron chi connectivity index (χ0n) is 50.6. The molecule has 2 heterocycles. The van der Waals surface area contributed by atoms with Gasteiger partial charge in [0.05, 0.1) is 50.5 Å². The molecule has 8 nitrogen and oxygen atoms in total. The molecule has 0 aliphatic heterocycles. The number of hydrogen-bond donors (Lipinski definition) is 0. The molecule has 0 unspecified atom stereocenters. The van der Waals surface area contributed by atoms with Crippen molar-refractivity contribution in [2.75, 3.05) is 26.4 Å². The summed E-state index contributed by atoms with van der Waals surface area (Å²) in [5.41, 5.74) is 3.63. The van der Waals surface area contributed by atoms with E-state index < -0.39 is 11.6 Å². The summed E-state index contributed by atoms with van der Waals surface area (Å²) in [5, 5.41) is 8.78. The molecule has 81 heavy (non-hydrogen) atoms. The topological polar surface area (TPSA) is 104 Å². The highest BCUT2D eigenvalue weighted by atomic mass is 19.1. The second-order valence-corrected chi connectivity index (χ2v) is 20.9. The molecule has 2 aromatic heterocycles. The average molecular weight is 1120 g/mol. The van der Waals surface area contributed by atoms with Gasteiger partial charge in [-0.2, -0.15) is 5.26 Å². The molecule has 0 aliphatic rings. The number of pyridine rings is 2. The van der Waals surface area contributed by atoms with Gasteiger partial charge >= 0.3 is 5.97 Å². The summed E-state index contributed by atoms with van der Waals surface area (Å²) >= 11 is 0. The van der Waals surface area contributed by atoms with Crippen LogP contribution in [0.1, 0.15) is 126 Å². The zero-order valence-corrected chi connectivity index (χ0v) is 50.6. The fourth-order valence-electron chi connectivity index (χ4n) is 5.68. The highest BCUT2D eigenvalue weighted by Gasteiger charge is 2.04. The Labute approximate surface area is 483 Å². The summed E-state index contributed by atoms with van der Waals surface area (Å²) in [6.45, 7) is 33.2. The largest absolute Gasteiger partial charge is 0.493 e. The lowest BCUT2D eigenvalue weighted by Crippen LogP contribution is -2.04. The predicted octanol–water partition coefficient (Wildman–Crippen LogP) is 18.1. The molecule has 0 saturated heterocycles. The van der Waals surface area contributed by atoms with E-state index in [-0.39, 0.29) is 23.4 Å². The van der Waals surface area contributed by atoms with E-state index in [0.29, 0.717) is 54.6 Å². The number of halogens is 4. The first-order chi connectivity index (χ1) is 38.4. The van der Waals surface area contributed by atoms with Gasteiger partial charge in [0.1, 0.15) is 40.5 Å². The van der Waals surface area contributed by atoms with Gasteiger partial charge < -0.3 is 18.9 Å². The van der Waals surface area contributed by atoms with E-state index in [2.05, 4.69) is 94.1 Å². The smallest absolute Gasteiger partial charge is 0.330 e. The lowest BCUT2D eigenvalue weighted by atomic mass is 9.99. The molecule has 0 atom stereocenters. The number of aromatic nitrogens is 2. The van der Waals surface area contributed by atoms with Gasteiger partial charge in [-0.25, -0.2) is 22.4 Å². The summed E-state index contributed by atoms with van der Waals surface area (Å²) in [6.07, 6.45) is 15.2. The van der Waals surface area contributed by atoms with E-state index >= 15 is 0 Å². The van der Waals surface area contributed by atoms with E-state index in [9.17, 15) is 22.4 Å². The maximum Gasteiger partial charge on any atom is 0.330 e. The van der Waals surface area contributed by atoms with Gasteiger partial charge in [-0.05, 0) is 121 Å². The highest BCUT2D eigenvalue weighted by molar-refractivity contribution is 5.81. The van der Waals surface area contributed by atoms with Crippen molar-refractivity contribution in [3.05, 3.63) is 204 Å². The first kappa shape index (κ1) is 73.3. The minimum absolute atomic E-state index is 0.180. The van der Waals surface area contributed by atoms with Crippen LogP contribution in [-0.2, 0) is 16.0 Å². The average Bonchev–Trinajstić information content (AvgIpc) is 3.41. The van der Waals surface area contributed by atoms with Crippen molar-refractivity contribution in [3.8, 4) is 35.2 Å². The zero-order chi connectivity index (χ0) is 61.0. The standard InChI is InChI=1S/C11H13F.C11H11F.C11H13N.C10H12F2O.2C9H13NO.C8H14O2/c2*1-9(2)6-7-10-4-3-5-11(12)8-10;1-9(2)7-10-5-3-4-6-11(10)8-12;1-7(2)6-13-10-4-8(11)3-9(12)5-10;2*1-8(2)7-11-9-4-3-5-10-6-9;1-4-10-8(9)6-5-7(2)3/h3-9H,1-2H3;3-5,8-9H,1-2H3;3-6,9H,7H2,1-2H3;3-5,7H,6H2,1-2H3;2*3-6,8H,7H2,1-2H3;5-7H,4H2,1-3H3/b7-6+;;;;;;6-5+. The molecule has 0 radical (unpaired) electrons. The van der Waals surface area contributed by atoms with Crippen LogP contribution in [0.4, 0.5) is 17.6 Å². The van der Waals surface area contributed by atoms with Crippen molar-refractivity contribution in [2.45, 2.75) is 110 Å². The Balaban J connectivity index is 0.000000923. The number of ether oxygens (including phenoxy) is 4. The summed E-state index contributed by atoms with van der Waals surface area (Å²) in [4.78, 5) is 18.5. The maximum absolute atomic E-state index is 12.7. The van der Waals surface area contributed by atoms with Gasteiger partial charge in [0.15, 0.2) is 0 Å². The molecular formula is C69H89F4N3O5. The Morgan fingerprint density at radius 3 is 1.49 bits per heavy atom. The van der Waals surface area contributed by atoms with Crippen molar-refractivity contribution < 1.29 is 41.3 Å². The van der Waals surface area contributed by atoms with Crippen molar-refractivity contribution >= 4 is 12.0 Å². The van der Waals surface area contributed by atoms with E-state index in [1.165, 1.54) is 42.5 Å². The molecule has 12 heteroatoms. The molecule has 4 aromatic carbocycles. The van der Waals surface area contributed by atoms with Crippen LogP contribution in [0.15, 0.2) is 158 Å². The molecule has 0 aliphatic carbocycles. The minimum atomic E-state index is -0.612. The minimum Gasteiger partial charge on any atom is -0.493 e. The maximum atomic E-state index is 12.7. The van der Waals surface area contributed by atoms with Crippen molar-refractivity contribution in [3.63, 3.8) is 0 Å². The molecule has 6 aromatic rings. The second-order valence-electron chi connectivity index (χ2n) is 20.9. The number of carbonyl (C=O) groups excluding carboxylic acids is 1. The Hall–Kier alpha value is -7.70. The predicted molar refractivity (Wildman–Crippen MR) is 325 cm³/mol. The third-order valence-corrected chi connectivity index (χ3v) is 9.38. The Bertz CT molecular complexity index is 2680. The van der Waals surface area contributed by atoms with Crippen LogP contribution >= 0.6 is 0 Å². The fraction of sp³-hybridized carbons (Fsp3) is 0.391. The number of nitriles is 1. The van der Waals surface area contributed by atoms with Crippen LogP contribution in [0, 0.1) is 87.9 Å². The number of hydrogen-bond acceptors (Lipinski definition) is 8. The quantitative estimate of drug-likeness (QED) is 0.0409. The van der Waals surface area contributed by atoms with Crippen molar-refractivity contribution in [1.29, 1.82) is 5.26 Å². The van der Waals surface area contributed by atoms with Gasteiger partial charge in [0.2, 0.25) is 0 Å². The SMILES string of the molecule is CC(C)/C=C/c1cccc(F)c1.CC(C)C#Cc1cccc(F)c1.CC(C)COc1cc(F)cc(F)c1.CC(C)COc1cccnc1.CC(C)COc1cccnc1.CC(C)Cc1ccccc1C#N.CCOC(=O)/C=C/C(C)C. The first-order valence-corrected chi connectivity index (χ1v) is 27.6. The third-order valence-electron chi connectivity index (χ3n) is 9.38. The molecule has 0 saturated carbocycles. The van der Waals surface area contributed by atoms with E-state index in [4.69, 9.17) is 19.5 Å². The Morgan fingerprint density at radius 1 is 0.556 bits per heavy atom. The summed E-state index contributed by atoms with van der Waals surface area (Å²) in [7, 11) is 0. The van der Waals surface area contributed by atoms with Crippen LogP contribution in [0.3, 0.4) is 0 Å². The first-order valence-electron chi connectivity index (χ1n) is 27.6. The molecule has 0 bridgehead atoms. The van der Waals surface area contributed by atoms with Crippen molar-refractivity contribution in [2.24, 2.45) is 41.4 Å². The monoisotopic (exact) mass is 1120 g/mol. The van der Waals surface area contributed by atoms with Gasteiger partial charge in [-0.1, -0.05) is 163 Å². The lowest BCUT2D eigenvalue weighted by Gasteiger charge is -2.08. The van der Waals surface area contributed by atoms with Gasteiger partial charge in [0, 0.05) is 48.2 Å². The third kappa shape index (κ3) is 43.8. The van der Waals surface area contributed by atoms with Gasteiger partial charge in [0.25, 0.3) is 0 Å². The Kier molecular flexibility index (Phi) is 40.8. The number of allylic oxidation sites excluding steroid dienone is 2. The molecule has 0 spiro atoms. The van der Waals surface area contributed by atoms with Crippen LogP contribution < -0.4 is 14.2 Å².